The molecule has 0 bridgehead atoms. The molecule has 80 valence electrons. The molecule has 1 atom stereocenters. The van der Waals surface area contributed by atoms with Crippen LogP contribution in [0.4, 0.5) is 0 Å². The Morgan fingerprint density at radius 2 is 2.00 bits per heavy atom. The van der Waals surface area contributed by atoms with Crippen LogP contribution in [-0.4, -0.2) is 33.7 Å². The highest BCUT2D eigenvalue weighted by atomic mass is 28.4. The van der Waals surface area contributed by atoms with Gasteiger partial charge in [0.25, 0.3) is 0 Å². The maximum atomic E-state index is 5.81. The number of nitrogens with two attached hydrogens (primary N) is 1. The van der Waals surface area contributed by atoms with Gasteiger partial charge in [0, 0.05) is 25.4 Å². The van der Waals surface area contributed by atoms with Gasteiger partial charge in [-0.15, -0.1) is 0 Å². The summed E-state index contributed by atoms with van der Waals surface area (Å²) in [6.07, 6.45) is 1.12. The second-order valence-electron chi connectivity index (χ2n) is 3.74. The maximum Gasteiger partial charge on any atom is 0.203 e. The minimum Gasteiger partial charge on any atom is -0.416 e. The third-order valence-corrected chi connectivity index (χ3v) is 5.62. The van der Waals surface area contributed by atoms with E-state index < -0.39 is 8.32 Å². The van der Waals surface area contributed by atoms with Crippen molar-refractivity contribution in [3.05, 3.63) is 0 Å². The Bertz CT molecular complexity index is 131. The normalized spacial score (nSPS) is 14.5. The van der Waals surface area contributed by atoms with Gasteiger partial charge >= 0.3 is 0 Å². The number of rotatable bonds is 7. The van der Waals surface area contributed by atoms with Crippen molar-refractivity contribution in [1.29, 1.82) is 0 Å². The lowest BCUT2D eigenvalue weighted by atomic mass is 10.4. The summed E-state index contributed by atoms with van der Waals surface area (Å²) in [5.74, 6) is 0. The summed E-state index contributed by atoms with van der Waals surface area (Å²) < 4.78 is 5.81. The molecular formula is C9H24N2OSi. The van der Waals surface area contributed by atoms with E-state index in [1.165, 1.54) is 0 Å². The van der Waals surface area contributed by atoms with Crippen LogP contribution in [0.2, 0.25) is 13.1 Å². The SMILES string of the molecule is CCO[Si](C)(C)C(CC)NCCN. The molecule has 0 aromatic carbocycles. The van der Waals surface area contributed by atoms with Crippen molar-refractivity contribution in [1.82, 2.24) is 5.32 Å². The number of nitrogens with one attached hydrogen (secondary N) is 1. The first-order valence-corrected chi connectivity index (χ1v) is 8.14. The van der Waals surface area contributed by atoms with E-state index in [2.05, 4.69) is 32.3 Å². The largest absolute Gasteiger partial charge is 0.416 e. The molecule has 0 spiro atoms. The van der Waals surface area contributed by atoms with Crippen molar-refractivity contribution in [3.63, 3.8) is 0 Å². The van der Waals surface area contributed by atoms with E-state index in [0.29, 0.717) is 12.2 Å². The average Bonchev–Trinajstić information content (AvgIpc) is 2.05. The molecule has 0 rings (SSSR count). The molecule has 13 heavy (non-hydrogen) atoms. The number of hydrogen-bond acceptors (Lipinski definition) is 3. The monoisotopic (exact) mass is 204 g/mol. The third kappa shape index (κ3) is 4.76. The molecule has 4 heteroatoms. The van der Waals surface area contributed by atoms with E-state index in [1.54, 1.807) is 0 Å². The van der Waals surface area contributed by atoms with Gasteiger partial charge in [0.05, 0.1) is 0 Å². The zero-order valence-electron chi connectivity index (χ0n) is 9.39. The van der Waals surface area contributed by atoms with E-state index in [1.807, 2.05) is 0 Å². The molecule has 0 saturated heterocycles. The smallest absolute Gasteiger partial charge is 0.203 e. The zero-order valence-corrected chi connectivity index (χ0v) is 10.4. The van der Waals surface area contributed by atoms with Crippen LogP contribution < -0.4 is 11.1 Å². The van der Waals surface area contributed by atoms with Gasteiger partial charge in [-0.1, -0.05) is 6.92 Å². The van der Waals surface area contributed by atoms with Crippen molar-refractivity contribution >= 4 is 8.32 Å². The van der Waals surface area contributed by atoms with Crippen molar-refractivity contribution in [3.8, 4) is 0 Å². The quantitative estimate of drug-likeness (QED) is 0.610. The van der Waals surface area contributed by atoms with E-state index in [0.717, 1.165) is 19.6 Å². The lowest BCUT2D eigenvalue weighted by molar-refractivity contribution is 0.312. The van der Waals surface area contributed by atoms with E-state index in [-0.39, 0.29) is 0 Å². The van der Waals surface area contributed by atoms with E-state index in [4.69, 9.17) is 10.2 Å². The number of hydrogen-bond donors (Lipinski definition) is 2. The Hall–Kier alpha value is 0.0969. The molecule has 0 heterocycles. The van der Waals surface area contributed by atoms with Gasteiger partial charge in [-0.05, 0) is 26.4 Å². The van der Waals surface area contributed by atoms with Crippen LogP contribution in [0.3, 0.4) is 0 Å². The van der Waals surface area contributed by atoms with Gasteiger partial charge in [-0.2, -0.15) is 0 Å². The van der Waals surface area contributed by atoms with Crippen LogP contribution in [0.5, 0.6) is 0 Å². The maximum absolute atomic E-state index is 5.81. The minimum absolute atomic E-state index is 0.524. The van der Waals surface area contributed by atoms with Crippen LogP contribution in [0.25, 0.3) is 0 Å². The molecule has 0 saturated carbocycles. The Labute approximate surface area is 83.2 Å². The Morgan fingerprint density at radius 1 is 1.38 bits per heavy atom. The van der Waals surface area contributed by atoms with Crippen LogP contribution in [0.1, 0.15) is 20.3 Å². The van der Waals surface area contributed by atoms with Gasteiger partial charge < -0.3 is 15.5 Å². The summed E-state index contributed by atoms with van der Waals surface area (Å²) >= 11 is 0. The van der Waals surface area contributed by atoms with Crippen molar-refractivity contribution in [2.75, 3.05) is 19.7 Å². The zero-order chi connectivity index (χ0) is 10.3. The highest BCUT2D eigenvalue weighted by Gasteiger charge is 2.31. The van der Waals surface area contributed by atoms with E-state index in [9.17, 15) is 0 Å². The highest BCUT2D eigenvalue weighted by molar-refractivity contribution is 6.72. The molecule has 0 aliphatic carbocycles. The predicted molar refractivity (Wildman–Crippen MR) is 60.2 cm³/mol. The molecular weight excluding hydrogens is 180 g/mol. The lowest BCUT2D eigenvalue weighted by Crippen LogP contribution is -2.53. The van der Waals surface area contributed by atoms with Crippen molar-refractivity contribution < 1.29 is 4.43 Å². The molecule has 0 amide bonds. The standard InChI is InChI=1S/C9H24N2OSi/c1-5-9(11-8-7-10)13(3,4)12-6-2/h9,11H,5-8,10H2,1-4H3. The molecule has 3 nitrogen and oxygen atoms in total. The topological polar surface area (TPSA) is 47.3 Å². The van der Waals surface area contributed by atoms with Crippen LogP contribution >= 0.6 is 0 Å². The van der Waals surface area contributed by atoms with Crippen LogP contribution in [-0.2, 0) is 4.43 Å². The van der Waals surface area contributed by atoms with Gasteiger partial charge in [-0.3, -0.25) is 0 Å². The lowest BCUT2D eigenvalue weighted by Gasteiger charge is -2.31. The molecule has 0 aliphatic heterocycles. The van der Waals surface area contributed by atoms with Crippen LogP contribution in [0, 0.1) is 0 Å². The molecule has 0 fully saturated rings. The predicted octanol–water partition coefficient (Wildman–Crippen LogP) is 1.09. The second-order valence-corrected chi connectivity index (χ2v) is 7.93. The van der Waals surface area contributed by atoms with Gasteiger partial charge in [0.1, 0.15) is 0 Å². The van der Waals surface area contributed by atoms with Gasteiger partial charge in [0.2, 0.25) is 8.32 Å². The van der Waals surface area contributed by atoms with Gasteiger partial charge in [-0.25, -0.2) is 0 Å². The summed E-state index contributed by atoms with van der Waals surface area (Å²) in [5, 5.41) is 3.46. The summed E-state index contributed by atoms with van der Waals surface area (Å²) in [4.78, 5) is 0. The van der Waals surface area contributed by atoms with E-state index >= 15 is 0 Å². The fraction of sp³-hybridized carbons (Fsp3) is 1.00. The summed E-state index contributed by atoms with van der Waals surface area (Å²) in [7, 11) is -1.54. The second kappa shape index (κ2) is 6.54. The summed E-state index contributed by atoms with van der Waals surface area (Å²) in [6.45, 7) is 11.2. The highest BCUT2D eigenvalue weighted by Crippen LogP contribution is 2.12. The molecule has 0 aromatic rings. The first-order chi connectivity index (χ1) is 6.08. The summed E-state index contributed by atoms with van der Waals surface area (Å²) in [5.41, 5.74) is 5.98. The minimum atomic E-state index is -1.54. The first-order valence-electron chi connectivity index (χ1n) is 5.15. The van der Waals surface area contributed by atoms with Crippen LogP contribution in [0.15, 0.2) is 0 Å². The Morgan fingerprint density at radius 3 is 2.38 bits per heavy atom. The molecule has 0 aliphatic rings. The third-order valence-electron chi connectivity index (χ3n) is 2.30. The Balaban J connectivity index is 4.02. The Kier molecular flexibility index (Phi) is 6.58. The fourth-order valence-corrected chi connectivity index (χ4v) is 4.18. The molecule has 0 radical (unpaired) electrons. The molecule has 0 aromatic heterocycles. The molecule has 1 unspecified atom stereocenters. The van der Waals surface area contributed by atoms with Crippen molar-refractivity contribution in [2.45, 2.75) is 39.0 Å². The first kappa shape index (κ1) is 13.1. The van der Waals surface area contributed by atoms with Gasteiger partial charge in [0.15, 0.2) is 0 Å². The van der Waals surface area contributed by atoms with Crippen molar-refractivity contribution in [2.24, 2.45) is 5.73 Å². The molecule has 3 N–H and O–H groups in total. The average molecular weight is 204 g/mol. The summed E-state index contributed by atoms with van der Waals surface area (Å²) in [6, 6.07) is 0. The fourth-order valence-electron chi connectivity index (χ4n) is 1.61.